The molecule has 1 atom stereocenters. The maximum Gasteiger partial charge on any atom is 0.359 e. The number of hydrogen-bond acceptors (Lipinski definition) is 10. The van der Waals surface area contributed by atoms with Gasteiger partial charge in [0.05, 0.1) is 65.6 Å². The summed E-state index contributed by atoms with van der Waals surface area (Å²) >= 11 is 0. The molecule has 1 unspecified atom stereocenters. The smallest absolute Gasteiger partial charge is 0.359 e. The van der Waals surface area contributed by atoms with E-state index in [9.17, 15) is 44.1 Å². The van der Waals surface area contributed by atoms with Gasteiger partial charge in [-0.3, -0.25) is 38.7 Å². The van der Waals surface area contributed by atoms with Crippen LogP contribution in [0, 0.1) is 0 Å². The Bertz CT molecular complexity index is 1200. The minimum atomic E-state index is -1.26. The summed E-state index contributed by atoms with van der Waals surface area (Å²) in [4.78, 5) is 75.1. The molecule has 1 aliphatic rings. The lowest BCUT2D eigenvalue weighted by atomic mass is 10.1. The van der Waals surface area contributed by atoms with Gasteiger partial charge in [-0.2, -0.15) is 0 Å². The highest BCUT2D eigenvalue weighted by molar-refractivity contribution is 5.82. The van der Waals surface area contributed by atoms with Crippen molar-refractivity contribution < 1.29 is 63.5 Å². The second-order valence-electron chi connectivity index (χ2n) is 12.0. The van der Waals surface area contributed by atoms with Crippen LogP contribution in [0.25, 0.3) is 0 Å². The van der Waals surface area contributed by atoms with Gasteiger partial charge >= 0.3 is 29.8 Å². The lowest BCUT2D eigenvalue weighted by Crippen LogP contribution is -2.58. The van der Waals surface area contributed by atoms with Gasteiger partial charge in [-0.15, -0.1) is 0 Å². The van der Waals surface area contributed by atoms with Crippen molar-refractivity contribution in [2.75, 3.05) is 91.7 Å². The van der Waals surface area contributed by atoms with Crippen molar-refractivity contribution >= 4 is 35.8 Å². The molecule has 1 amide bonds. The number of hydrogen-bond donors (Lipinski definition) is 6. The number of carboxylic acids is 5. The molecule has 2 rings (SSSR count). The number of ether oxygens (including phenoxy) is 1. The van der Waals surface area contributed by atoms with Gasteiger partial charge < -0.3 is 40.1 Å². The monoisotopic (exact) mass is 682 g/mol. The van der Waals surface area contributed by atoms with E-state index >= 15 is 0 Å². The zero-order valence-corrected chi connectivity index (χ0v) is 27.1. The van der Waals surface area contributed by atoms with Crippen LogP contribution in [0.15, 0.2) is 30.3 Å². The molecule has 1 heterocycles. The molecule has 48 heavy (non-hydrogen) atoms. The van der Waals surface area contributed by atoms with Gasteiger partial charge in [0.25, 0.3) is 0 Å². The van der Waals surface area contributed by atoms with Gasteiger partial charge in [0.2, 0.25) is 5.91 Å². The zero-order valence-electron chi connectivity index (χ0n) is 27.1. The van der Waals surface area contributed by atoms with E-state index in [4.69, 9.17) is 14.9 Å². The summed E-state index contributed by atoms with van der Waals surface area (Å²) in [6.07, 6.45) is 2.76. The van der Waals surface area contributed by atoms with Crippen molar-refractivity contribution in [3.8, 4) is 0 Å². The minimum Gasteiger partial charge on any atom is -0.480 e. The first-order valence-electron chi connectivity index (χ1n) is 15.8. The van der Waals surface area contributed by atoms with Gasteiger partial charge in [-0.05, 0) is 24.8 Å². The number of aliphatic carboxylic acids is 5. The van der Waals surface area contributed by atoms with E-state index in [0.29, 0.717) is 24.1 Å². The first kappa shape index (κ1) is 40.0. The van der Waals surface area contributed by atoms with Gasteiger partial charge in [0.1, 0.15) is 6.04 Å². The van der Waals surface area contributed by atoms with E-state index in [-0.39, 0.29) is 52.5 Å². The Balaban J connectivity index is 2.21. The molecule has 17 heteroatoms. The fourth-order valence-electron chi connectivity index (χ4n) is 5.80. The predicted molar refractivity (Wildman–Crippen MR) is 169 cm³/mol. The topological polar surface area (TPSA) is 235 Å². The average Bonchev–Trinajstić information content (AvgIpc) is 2.99. The normalized spacial score (nSPS) is 14.9. The summed E-state index contributed by atoms with van der Waals surface area (Å²) < 4.78 is 6.18. The summed E-state index contributed by atoms with van der Waals surface area (Å²) in [6.45, 7) is -0.776. The van der Waals surface area contributed by atoms with Gasteiger partial charge in [-0.25, -0.2) is 4.79 Å². The number of amides is 1. The number of carbonyl (C=O) groups is 6. The fraction of sp³-hybridized carbons (Fsp3) is 0.613. The SMILES string of the molecule is O=C(O)CN(CCN(CC(=O)O)CC(=O)O)CCN(CC(=O)O)C(COCc1ccccc1)C(=O)NCC[N+]1(CC(=O)O)CCCCC1. The third-order valence-electron chi connectivity index (χ3n) is 8.10. The highest BCUT2D eigenvalue weighted by Gasteiger charge is 2.34. The summed E-state index contributed by atoms with van der Waals surface area (Å²) in [6, 6.07) is 8.02. The number of likely N-dealkylation sites (tertiary alicyclic amines) is 1. The van der Waals surface area contributed by atoms with Crippen LogP contribution in [0.5, 0.6) is 0 Å². The predicted octanol–water partition coefficient (Wildman–Crippen LogP) is -0.982. The molecule has 0 aromatic heterocycles. The summed E-state index contributed by atoms with van der Waals surface area (Å²) in [5.41, 5.74) is 0.826. The van der Waals surface area contributed by atoms with Crippen molar-refractivity contribution in [1.82, 2.24) is 20.0 Å². The second-order valence-corrected chi connectivity index (χ2v) is 12.0. The van der Waals surface area contributed by atoms with Crippen LogP contribution in [0.4, 0.5) is 0 Å². The van der Waals surface area contributed by atoms with Crippen LogP contribution in [-0.2, 0) is 40.1 Å². The molecule has 268 valence electrons. The maximum absolute atomic E-state index is 13.6. The molecular formula is C31H48N5O12+. The molecule has 0 spiro atoms. The van der Waals surface area contributed by atoms with E-state index < -0.39 is 68.0 Å². The molecule has 1 fully saturated rings. The highest BCUT2D eigenvalue weighted by Crippen LogP contribution is 2.18. The number of piperidine rings is 1. The molecule has 1 saturated heterocycles. The average molecular weight is 683 g/mol. The maximum atomic E-state index is 13.6. The lowest BCUT2D eigenvalue weighted by Gasteiger charge is -2.40. The first-order chi connectivity index (χ1) is 22.8. The Kier molecular flexibility index (Phi) is 17.5. The van der Waals surface area contributed by atoms with Crippen molar-refractivity contribution in [3.05, 3.63) is 35.9 Å². The molecule has 0 saturated carbocycles. The molecular weight excluding hydrogens is 634 g/mol. The molecule has 17 nitrogen and oxygen atoms in total. The van der Waals surface area contributed by atoms with Crippen LogP contribution >= 0.6 is 0 Å². The fourth-order valence-corrected chi connectivity index (χ4v) is 5.80. The largest absolute Gasteiger partial charge is 0.480 e. The van der Waals surface area contributed by atoms with Crippen molar-refractivity contribution in [2.45, 2.75) is 31.9 Å². The van der Waals surface area contributed by atoms with Crippen LogP contribution in [0.1, 0.15) is 24.8 Å². The number of quaternary nitrogens is 1. The minimum absolute atomic E-state index is 0.0429. The molecule has 0 aliphatic carbocycles. The van der Waals surface area contributed by atoms with Crippen molar-refractivity contribution in [1.29, 1.82) is 0 Å². The molecule has 1 aliphatic heterocycles. The first-order valence-corrected chi connectivity index (χ1v) is 15.8. The second kappa shape index (κ2) is 20.9. The van der Waals surface area contributed by atoms with E-state index in [1.165, 1.54) is 9.80 Å². The lowest BCUT2D eigenvalue weighted by molar-refractivity contribution is -0.924. The third-order valence-corrected chi connectivity index (χ3v) is 8.10. The standard InChI is InChI=1S/C31H47N5O12/c37-26(38)17-33(10-11-34(18-27(39)40)19-28(41)42)12-13-35(20-29(43)44)25(23-48-22-24-7-3-1-4-8-24)31(47)32-9-16-36(21-30(45)46)14-5-2-6-15-36/h1,3-4,7-8,25H,2,5-6,9-23H2,(H5-,32,37,38,39,40,41,42,43,44,45,46,47)/p+1. The van der Waals surface area contributed by atoms with Crippen LogP contribution in [0.2, 0.25) is 0 Å². The van der Waals surface area contributed by atoms with E-state index in [0.717, 1.165) is 29.7 Å². The third kappa shape index (κ3) is 16.1. The number of rotatable bonds is 25. The Morgan fingerprint density at radius 1 is 0.708 bits per heavy atom. The number of carbonyl (C=O) groups excluding carboxylic acids is 1. The number of carboxylic acid groups (broad SMARTS) is 5. The summed E-state index contributed by atoms with van der Waals surface area (Å²) in [7, 11) is 0. The van der Waals surface area contributed by atoms with Gasteiger partial charge in [0, 0.05) is 26.2 Å². The van der Waals surface area contributed by atoms with Gasteiger partial charge in [-0.1, -0.05) is 30.3 Å². The quantitative estimate of drug-likeness (QED) is 0.0680. The van der Waals surface area contributed by atoms with E-state index in [1.54, 1.807) is 0 Å². The molecule has 1 aromatic carbocycles. The Hall–Kier alpha value is -4.16. The van der Waals surface area contributed by atoms with Crippen molar-refractivity contribution in [2.24, 2.45) is 0 Å². The van der Waals surface area contributed by atoms with E-state index in [1.807, 2.05) is 30.3 Å². The van der Waals surface area contributed by atoms with Crippen molar-refractivity contribution in [3.63, 3.8) is 0 Å². The number of nitrogens with zero attached hydrogens (tertiary/aromatic N) is 4. The summed E-state index contributed by atoms with van der Waals surface area (Å²) in [5.74, 6) is -6.42. The zero-order chi connectivity index (χ0) is 35.5. The van der Waals surface area contributed by atoms with Crippen LogP contribution in [-0.4, -0.2) is 178 Å². The number of benzene rings is 1. The Morgan fingerprint density at radius 3 is 1.81 bits per heavy atom. The highest BCUT2D eigenvalue weighted by atomic mass is 16.5. The van der Waals surface area contributed by atoms with Crippen LogP contribution < -0.4 is 5.32 Å². The molecule has 6 N–H and O–H groups in total. The van der Waals surface area contributed by atoms with Crippen LogP contribution in [0.3, 0.4) is 0 Å². The molecule has 0 bridgehead atoms. The Labute approximate surface area is 278 Å². The molecule has 1 aromatic rings. The number of nitrogens with one attached hydrogen (secondary N) is 1. The van der Waals surface area contributed by atoms with Gasteiger partial charge in [0.15, 0.2) is 6.54 Å². The van der Waals surface area contributed by atoms with E-state index in [2.05, 4.69) is 5.32 Å². The Morgan fingerprint density at radius 2 is 1.25 bits per heavy atom. The molecule has 0 radical (unpaired) electrons. The summed E-state index contributed by atoms with van der Waals surface area (Å²) in [5, 5.41) is 49.8.